The van der Waals surface area contributed by atoms with Crippen LogP contribution >= 0.6 is 24.0 Å². The topological polar surface area (TPSA) is 67.4 Å². The van der Waals surface area contributed by atoms with Gasteiger partial charge in [-0.05, 0) is 31.5 Å². The summed E-state index contributed by atoms with van der Waals surface area (Å²) in [5.41, 5.74) is 0.902. The molecule has 1 aromatic rings. The summed E-state index contributed by atoms with van der Waals surface area (Å²) in [7, 11) is 3.47. The molecule has 2 rings (SSSR count). The maximum Gasteiger partial charge on any atom is 0.191 e. The molecular weight excluding hydrogens is 471 g/mol. The van der Waals surface area contributed by atoms with E-state index in [2.05, 4.69) is 32.7 Å². The van der Waals surface area contributed by atoms with Crippen LogP contribution in [0.2, 0.25) is 0 Å². The van der Waals surface area contributed by atoms with Gasteiger partial charge in [0.25, 0.3) is 0 Å². The van der Waals surface area contributed by atoms with Gasteiger partial charge in [0.05, 0.1) is 18.8 Å². The van der Waals surface area contributed by atoms with E-state index in [0.29, 0.717) is 19.7 Å². The van der Waals surface area contributed by atoms with Gasteiger partial charge in [-0.25, -0.2) is 0 Å². The molecule has 0 bridgehead atoms. The van der Waals surface area contributed by atoms with E-state index in [9.17, 15) is 0 Å². The quantitative estimate of drug-likeness (QED) is 0.304. The van der Waals surface area contributed by atoms with Crippen LogP contribution in [-0.4, -0.2) is 76.6 Å². The molecular formula is C20H35IN4O3. The first-order valence-corrected chi connectivity index (χ1v) is 9.54. The predicted molar refractivity (Wildman–Crippen MR) is 124 cm³/mol. The fourth-order valence-corrected chi connectivity index (χ4v) is 2.64. The molecule has 0 spiro atoms. The van der Waals surface area contributed by atoms with Crippen LogP contribution in [0.3, 0.4) is 0 Å². The first-order valence-electron chi connectivity index (χ1n) is 9.54. The van der Waals surface area contributed by atoms with Crippen molar-refractivity contribution in [3.8, 4) is 5.75 Å². The molecule has 0 radical (unpaired) electrons. The molecule has 28 heavy (non-hydrogen) atoms. The summed E-state index contributed by atoms with van der Waals surface area (Å²) in [6.07, 6.45) is 0. The molecule has 2 N–H and O–H groups in total. The molecule has 1 aliphatic heterocycles. The van der Waals surface area contributed by atoms with Crippen LogP contribution in [-0.2, 0) is 16.0 Å². The minimum Gasteiger partial charge on any atom is -0.492 e. The zero-order valence-corrected chi connectivity index (χ0v) is 19.8. The average Bonchev–Trinajstić information content (AvgIpc) is 2.69. The van der Waals surface area contributed by atoms with E-state index < -0.39 is 0 Å². The zero-order chi connectivity index (χ0) is 19.5. The highest BCUT2D eigenvalue weighted by Gasteiger charge is 2.16. The fraction of sp³-hybridized carbons (Fsp3) is 0.650. The Balaban J connectivity index is 0.00000392. The van der Waals surface area contributed by atoms with Crippen LogP contribution in [0.25, 0.3) is 0 Å². The van der Waals surface area contributed by atoms with Crippen molar-refractivity contribution in [1.29, 1.82) is 0 Å². The molecule has 0 saturated carbocycles. The van der Waals surface area contributed by atoms with Crippen molar-refractivity contribution < 1.29 is 14.2 Å². The number of benzene rings is 1. The number of hydrogen-bond donors (Lipinski definition) is 2. The maximum absolute atomic E-state index is 5.92. The van der Waals surface area contributed by atoms with Gasteiger partial charge in [-0.15, -0.1) is 24.0 Å². The maximum atomic E-state index is 5.92. The highest BCUT2D eigenvalue weighted by Crippen LogP contribution is 2.13. The molecule has 1 heterocycles. The van der Waals surface area contributed by atoms with Crippen molar-refractivity contribution in [3.63, 3.8) is 0 Å². The Morgan fingerprint density at radius 2 is 2.00 bits per heavy atom. The minimum atomic E-state index is -0.244. The smallest absolute Gasteiger partial charge is 0.191 e. The minimum absolute atomic E-state index is 0. The lowest BCUT2D eigenvalue weighted by molar-refractivity contribution is 0.0268. The SMILES string of the molecule is CN=C(NCc1cccc(OCCN2CCOCC2)c1)NCC(C)(C)OC.I. The van der Waals surface area contributed by atoms with Gasteiger partial charge >= 0.3 is 0 Å². The molecule has 1 saturated heterocycles. The number of nitrogens with zero attached hydrogens (tertiary/aromatic N) is 2. The van der Waals surface area contributed by atoms with Crippen molar-refractivity contribution in [2.24, 2.45) is 4.99 Å². The van der Waals surface area contributed by atoms with Gasteiger partial charge in [0.2, 0.25) is 0 Å². The Morgan fingerprint density at radius 3 is 2.68 bits per heavy atom. The van der Waals surface area contributed by atoms with Crippen LogP contribution < -0.4 is 15.4 Å². The summed E-state index contributed by atoms with van der Waals surface area (Å²) in [4.78, 5) is 6.62. The summed E-state index contributed by atoms with van der Waals surface area (Å²) < 4.78 is 16.7. The second-order valence-corrected chi connectivity index (χ2v) is 7.19. The van der Waals surface area contributed by atoms with Gasteiger partial charge in [-0.2, -0.15) is 0 Å². The van der Waals surface area contributed by atoms with E-state index in [1.54, 1.807) is 14.2 Å². The largest absolute Gasteiger partial charge is 0.492 e. The molecule has 0 aromatic heterocycles. The number of guanidine groups is 1. The summed E-state index contributed by atoms with van der Waals surface area (Å²) >= 11 is 0. The van der Waals surface area contributed by atoms with E-state index >= 15 is 0 Å². The van der Waals surface area contributed by atoms with Crippen molar-refractivity contribution in [2.45, 2.75) is 26.0 Å². The van der Waals surface area contributed by atoms with Crippen molar-refractivity contribution in [1.82, 2.24) is 15.5 Å². The van der Waals surface area contributed by atoms with E-state index in [4.69, 9.17) is 14.2 Å². The normalized spacial score (nSPS) is 15.6. The van der Waals surface area contributed by atoms with E-state index in [0.717, 1.165) is 50.1 Å². The zero-order valence-electron chi connectivity index (χ0n) is 17.5. The van der Waals surface area contributed by atoms with Crippen LogP contribution in [0.5, 0.6) is 5.75 Å². The first-order chi connectivity index (χ1) is 13.0. The third-order valence-electron chi connectivity index (χ3n) is 4.60. The van der Waals surface area contributed by atoms with Gasteiger partial charge < -0.3 is 24.8 Å². The predicted octanol–water partition coefficient (Wildman–Crippen LogP) is 2.11. The summed E-state index contributed by atoms with van der Waals surface area (Å²) in [5.74, 6) is 1.64. The van der Waals surface area contributed by atoms with Gasteiger partial charge in [-0.3, -0.25) is 9.89 Å². The highest BCUT2D eigenvalue weighted by atomic mass is 127. The van der Waals surface area contributed by atoms with E-state index in [1.165, 1.54) is 0 Å². The Hall–Kier alpha value is -1.10. The lowest BCUT2D eigenvalue weighted by Gasteiger charge is -2.26. The standard InChI is InChI=1S/C20H34N4O3.HI/c1-20(2,25-4)16-23-19(21-3)22-15-17-6-5-7-18(14-17)27-13-10-24-8-11-26-12-9-24;/h5-7,14H,8-13,15-16H2,1-4H3,(H2,21,22,23);1H. The second-order valence-electron chi connectivity index (χ2n) is 7.19. The van der Waals surface area contributed by atoms with Crippen LogP contribution in [0.15, 0.2) is 29.3 Å². The molecule has 0 atom stereocenters. The van der Waals surface area contributed by atoms with Crippen molar-refractivity contribution >= 4 is 29.9 Å². The summed E-state index contributed by atoms with van der Waals surface area (Å²) in [6, 6.07) is 8.16. The Kier molecular flexibility index (Phi) is 11.7. The third kappa shape index (κ3) is 9.40. The van der Waals surface area contributed by atoms with Gasteiger partial charge in [0, 0.05) is 46.9 Å². The molecule has 0 aliphatic carbocycles. The van der Waals surface area contributed by atoms with Crippen LogP contribution in [0.4, 0.5) is 0 Å². The number of rotatable bonds is 9. The van der Waals surface area contributed by atoms with Crippen LogP contribution in [0, 0.1) is 0 Å². The number of halogens is 1. The molecule has 7 nitrogen and oxygen atoms in total. The van der Waals surface area contributed by atoms with Gasteiger partial charge in [-0.1, -0.05) is 12.1 Å². The lowest BCUT2D eigenvalue weighted by atomic mass is 10.1. The number of methoxy groups -OCH3 is 1. The fourth-order valence-electron chi connectivity index (χ4n) is 2.64. The molecule has 8 heteroatoms. The average molecular weight is 506 g/mol. The summed E-state index contributed by atoms with van der Waals surface area (Å²) in [5, 5.41) is 6.61. The number of hydrogen-bond acceptors (Lipinski definition) is 5. The Bertz CT molecular complexity index is 593. The number of aliphatic imine (C=N–C) groups is 1. The molecule has 1 aliphatic rings. The molecule has 0 amide bonds. The highest BCUT2D eigenvalue weighted by molar-refractivity contribution is 14.0. The van der Waals surface area contributed by atoms with E-state index in [1.807, 2.05) is 26.0 Å². The summed E-state index contributed by atoms with van der Waals surface area (Å²) in [6.45, 7) is 10.6. The second kappa shape index (κ2) is 13.2. The Labute approximate surface area is 186 Å². The Morgan fingerprint density at radius 1 is 1.25 bits per heavy atom. The third-order valence-corrected chi connectivity index (χ3v) is 4.60. The molecule has 1 fully saturated rings. The van der Waals surface area contributed by atoms with Crippen molar-refractivity contribution in [3.05, 3.63) is 29.8 Å². The lowest BCUT2D eigenvalue weighted by Crippen LogP contribution is -2.45. The van der Waals surface area contributed by atoms with Crippen molar-refractivity contribution in [2.75, 3.05) is 60.2 Å². The van der Waals surface area contributed by atoms with Gasteiger partial charge in [0.1, 0.15) is 12.4 Å². The molecule has 1 aromatic carbocycles. The first kappa shape index (κ1) is 24.9. The number of nitrogens with one attached hydrogen (secondary N) is 2. The number of morpholine rings is 1. The molecule has 160 valence electrons. The monoisotopic (exact) mass is 506 g/mol. The van der Waals surface area contributed by atoms with E-state index in [-0.39, 0.29) is 29.6 Å². The number of ether oxygens (including phenoxy) is 3. The van der Waals surface area contributed by atoms with Gasteiger partial charge in [0.15, 0.2) is 5.96 Å². The van der Waals surface area contributed by atoms with Crippen LogP contribution in [0.1, 0.15) is 19.4 Å². The molecule has 0 unspecified atom stereocenters.